The third-order valence-corrected chi connectivity index (χ3v) is 7.20. The van der Waals surface area contributed by atoms with E-state index in [-0.39, 0.29) is 24.7 Å². The number of carbonyl (C=O) groups is 2. The van der Waals surface area contributed by atoms with Gasteiger partial charge in [-0.25, -0.2) is 0 Å². The average Bonchev–Trinajstić information content (AvgIpc) is 2.98. The van der Waals surface area contributed by atoms with Gasteiger partial charge in [0.25, 0.3) is 0 Å². The van der Waals surface area contributed by atoms with Gasteiger partial charge in [-0.15, -0.1) is 0 Å². The third-order valence-electron chi connectivity index (χ3n) is 7.20. The van der Waals surface area contributed by atoms with Crippen LogP contribution >= 0.6 is 0 Å². The van der Waals surface area contributed by atoms with Crippen LogP contribution in [0.1, 0.15) is 22.3 Å². The second-order valence-corrected chi connectivity index (χ2v) is 9.47. The molecule has 2 aliphatic heterocycles. The maximum absolute atomic E-state index is 13.2. The molecule has 4 rings (SSSR count). The molecule has 0 N–H and O–H groups in total. The Morgan fingerprint density at radius 3 is 1.21 bits per heavy atom. The molecule has 2 aliphatic rings. The Morgan fingerprint density at radius 1 is 0.590 bits per heavy atom. The fourth-order valence-corrected chi connectivity index (χ4v) is 4.96. The predicted molar refractivity (Wildman–Crippen MR) is 144 cm³/mol. The zero-order chi connectivity index (χ0) is 27.8. The zero-order valence-corrected chi connectivity index (χ0v) is 23.2. The molecule has 212 valence electrons. The largest absolute Gasteiger partial charge is 0.493 e. The molecule has 2 saturated heterocycles. The van der Waals surface area contributed by atoms with Gasteiger partial charge in [-0.2, -0.15) is 0 Å². The number of hydrogen-bond acceptors (Lipinski definition) is 8. The summed E-state index contributed by atoms with van der Waals surface area (Å²) >= 11 is 0. The minimum absolute atomic E-state index is 0.0294. The summed E-state index contributed by atoms with van der Waals surface area (Å²) in [7, 11) is 6.33. The molecule has 0 aliphatic carbocycles. The van der Waals surface area contributed by atoms with Gasteiger partial charge < -0.3 is 38.2 Å². The van der Waals surface area contributed by atoms with Crippen molar-refractivity contribution >= 4 is 11.8 Å². The molecular weight excluding hydrogens is 504 g/mol. The summed E-state index contributed by atoms with van der Waals surface area (Å²) in [5.74, 6) is 2.31. The van der Waals surface area contributed by atoms with Crippen molar-refractivity contribution in [1.29, 1.82) is 0 Å². The highest BCUT2D eigenvalue weighted by atomic mass is 16.5. The molecule has 0 radical (unpaired) electrons. The first-order chi connectivity index (χ1) is 19.0. The Bertz CT molecular complexity index is 1070. The van der Waals surface area contributed by atoms with E-state index >= 15 is 0 Å². The quantitative estimate of drug-likeness (QED) is 0.451. The standard InChI is InChI=1S/C29H38N2O8/c1-34-24-14-20(22(16-26(24)36-3)18-28(32)30-5-9-38-10-6-30)13-21-15-25(35-2)27(37-4)17-23(21)19-29(33)31-7-11-39-12-8-31/h14-17H,5-13,18-19H2,1-4H3. The number of hydrogen-bond donors (Lipinski definition) is 0. The first-order valence-electron chi connectivity index (χ1n) is 13.2. The lowest BCUT2D eigenvalue weighted by Crippen LogP contribution is -2.41. The minimum Gasteiger partial charge on any atom is -0.493 e. The van der Waals surface area contributed by atoms with Crippen LogP contribution in [0.5, 0.6) is 23.0 Å². The minimum atomic E-state index is 0.0294. The van der Waals surface area contributed by atoms with Crippen LogP contribution in [-0.2, 0) is 38.3 Å². The van der Waals surface area contributed by atoms with Crippen LogP contribution in [0.4, 0.5) is 0 Å². The van der Waals surface area contributed by atoms with Gasteiger partial charge in [0.2, 0.25) is 11.8 Å². The predicted octanol–water partition coefficient (Wildman–Crippen LogP) is 2.11. The van der Waals surface area contributed by atoms with Crippen molar-refractivity contribution in [1.82, 2.24) is 9.80 Å². The highest BCUT2D eigenvalue weighted by Crippen LogP contribution is 2.36. The summed E-state index contributed by atoms with van der Waals surface area (Å²) in [4.78, 5) is 30.1. The molecule has 0 atom stereocenters. The van der Waals surface area contributed by atoms with Gasteiger partial charge in [0.1, 0.15) is 0 Å². The van der Waals surface area contributed by atoms with E-state index in [1.54, 1.807) is 28.4 Å². The molecule has 2 heterocycles. The number of methoxy groups -OCH3 is 4. The Morgan fingerprint density at radius 2 is 0.897 bits per heavy atom. The molecule has 10 nitrogen and oxygen atoms in total. The summed E-state index contributed by atoms with van der Waals surface area (Å²) in [6, 6.07) is 7.55. The lowest BCUT2D eigenvalue weighted by atomic mass is 9.92. The van der Waals surface area contributed by atoms with Crippen LogP contribution in [0.3, 0.4) is 0 Å². The van der Waals surface area contributed by atoms with E-state index < -0.39 is 0 Å². The number of carbonyl (C=O) groups excluding carboxylic acids is 2. The van der Waals surface area contributed by atoms with Gasteiger partial charge in [0.15, 0.2) is 23.0 Å². The van der Waals surface area contributed by atoms with E-state index in [0.717, 1.165) is 22.3 Å². The summed E-state index contributed by atoms with van der Waals surface area (Å²) < 4.78 is 33.1. The summed E-state index contributed by atoms with van der Waals surface area (Å²) in [6.07, 6.45) is 0.883. The van der Waals surface area contributed by atoms with Crippen molar-refractivity contribution in [3.05, 3.63) is 46.5 Å². The van der Waals surface area contributed by atoms with E-state index in [1.165, 1.54) is 0 Å². The van der Waals surface area contributed by atoms with Crippen LogP contribution in [0.25, 0.3) is 0 Å². The molecule has 2 amide bonds. The molecule has 0 bridgehead atoms. The second-order valence-electron chi connectivity index (χ2n) is 9.47. The van der Waals surface area contributed by atoms with Crippen molar-refractivity contribution < 1.29 is 38.0 Å². The molecule has 0 unspecified atom stereocenters. The summed E-state index contributed by atoms with van der Waals surface area (Å²) in [6.45, 7) is 4.45. The third kappa shape index (κ3) is 6.93. The fraction of sp³-hybridized carbons (Fsp3) is 0.517. The molecule has 0 aromatic heterocycles. The maximum Gasteiger partial charge on any atom is 0.227 e. The molecule has 2 fully saturated rings. The Balaban J connectivity index is 1.70. The van der Waals surface area contributed by atoms with Crippen LogP contribution in [0, 0.1) is 0 Å². The topological polar surface area (TPSA) is 96.0 Å². The van der Waals surface area contributed by atoms with Crippen molar-refractivity contribution in [2.24, 2.45) is 0 Å². The Kier molecular flexibility index (Phi) is 9.89. The SMILES string of the molecule is COc1cc(CC(=O)N2CCOCC2)c(Cc2cc(OC)c(OC)cc2CC(=O)N2CCOCC2)cc1OC. The second kappa shape index (κ2) is 13.5. The normalized spacial score (nSPS) is 15.6. The van der Waals surface area contributed by atoms with Gasteiger partial charge in [0.05, 0.1) is 67.7 Å². The molecular formula is C29H38N2O8. The molecule has 0 saturated carbocycles. The van der Waals surface area contributed by atoms with Gasteiger partial charge in [-0.3, -0.25) is 9.59 Å². The van der Waals surface area contributed by atoms with Crippen molar-refractivity contribution in [3.8, 4) is 23.0 Å². The van der Waals surface area contributed by atoms with E-state index in [2.05, 4.69) is 0 Å². The van der Waals surface area contributed by atoms with E-state index in [1.807, 2.05) is 34.1 Å². The van der Waals surface area contributed by atoms with Gasteiger partial charge in [0, 0.05) is 26.2 Å². The number of benzene rings is 2. The smallest absolute Gasteiger partial charge is 0.227 e. The number of rotatable bonds is 10. The number of amides is 2. The maximum atomic E-state index is 13.2. The van der Waals surface area contributed by atoms with Crippen LogP contribution < -0.4 is 18.9 Å². The van der Waals surface area contributed by atoms with Gasteiger partial charge >= 0.3 is 0 Å². The highest BCUT2D eigenvalue weighted by molar-refractivity contribution is 5.80. The van der Waals surface area contributed by atoms with Crippen molar-refractivity contribution in [2.45, 2.75) is 19.3 Å². The lowest BCUT2D eigenvalue weighted by Gasteiger charge is -2.28. The van der Waals surface area contributed by atoms with E-state index in [0.29, 0.717) is 82.0 Å². The Labute approximate surface area is 229 Å². The zero-order valence-electron chi connectivity index (χ0n) is 23.2. The molecule has 2 aromatic carbocycles. The average molecular weight is 543 g/mol. The van der Waals surface area contributed by atoms with Crippen LogP contribution in [-0.4, -0.2) is 103 Å². The Hall–Kier alpha value is -3.50. The van der Waals surface area contributed by atoms with Crippen molar-refractivity contribution in [2.75, 3.05) is 81.0 Å². The summed E-state index contributed by atoms with van der Waals surface area (Å²) in [5, 5.41) is 0. The molecule has 39 heavy (non-hydrogen) atoms. The number of ether oxygens (including phenoxy) is 6. The monoisotopic (exact) mass is 542 g/mol. The van der Waals surface area contributed by atoms with E-state index in [9.17, 15) is 9.59 Å². The lowest BCUT2D eigenvalue weighted by molar-refractivity contribution is -0.135. The van der Waals surface area contributed by atoms with E-state index in [4.69, 9.17) is 28.4 Å². The molecule has 0 spiro atoms. The van der Waals surface area contributed by atoms with Crippen molar-refractivity contribution in [3.63, 3.8) is 0 Å². The summed E-state index contributed by atoms with van der Waals surface area (Å²) in [5.41, 5.74) is 3.48. The molecule has 2 aromatic rings. The highest BCUT2D eigenvalue weighted by Gasteiger charge is 2.23. The van der Waals surface area contributed by atoms with Crippen LogP contribution in [0.2, 0.25) is 0 Å². The number of nitrogens with zero attached hydrogens (tertiary/aromatic N) is 2. The fourth-order valence-electron chi connectivity index (χ4n) is 4.96. The molecule has 10 heteroatoms. The first-order valence-corrected chi connectivity index (χ1v) is 13.2. The van der Waals surface area contributed by atoms with Crippen LogP contribution in [0.15, 0.2) is 24.3 Å². The van der Waals surface area contributed by atoms with Gasteiger partial charge in [-0.05, 0) is 52.9 Å². The van der Waals surface area contributed by atoms with Gasteiger partial charge in [-0.1, -0.05) is 0 Å². The first kappa shape index (κ1) is 28.5. The number of morpholine rings is 2.